The fourth-order valence-electron chi connectivity index (χ4n) is 2.21. The quantitative estimate of drug-likeness (QED) is 0.866. The number of hydrogen-bond donors (Lipinski definition) is 1. The summed E-state index contributed by atoms with van der Waals surface area (Å²) in [6, 6.07) is 0. The standard InChI is InChI=1S/C12H17ClN2O2S/c1-2-9-10(13)14-12(17)15(11(9)16)7-8-5-3-4-6-18-8/h8H,2-7H2,1H3,(H,14,17). The van der Waals surface area contributed by atoms with E-state index < -0.39 is 5.69 Å². The fraction of sp³-hybridized carbons (Fsp3) is 0.667. The summed E-state index contributed by atoms with van der Waals surface area (Å²) < 4.78 is 1.30. The van der Waals surface area contributed by atoms with Gasteiger partial charge in [0, 0.05) is 11.8 Å². The number of H-pyrrole nitrogens is 1. The second-order valence-electron chi connectivity index (χ2n) is 4.48. The second kappa shape index (κ2) is 5.97. The zero-order chi connectivity index (χ0) is 13.1. The van der Waals surface area contributed by atoms with Gasteiger partial charge in [-0.3, -0.25) is 14.3 Å². The predicted octanol–water partition coefficient (Wildman–Crippen LogP) is 2.04. The molecule has 1 atom stereocenters. The maximum absolute atomic E-state index is 12.2. The molecular weight excluding hydrogens is 272 g/mol. The van der Waals surface area contributed by atoms with Crippen molar-refractivity contribution in [2.45, 2.75) is 44.4 Å². The summed E-state index contributed by atoms with van der Waals surface area (Å²) >= 11 is 7.72. The lowest BCUT2D eigenvalue weighted by Gasteiger charge is -2.21. The van der Waals surface area contributed by atoms with E-state index in [1.165, 1.54) is 17.4 Å². The highest BCUT2D eigenvalue weighted by Crippen LogP contribution is 2.25. The Morgan fingerprint density at radius 1 is 1.44 bits per heavy atom. The number of halogens is 1. The molecule has 0 spiro atoms. The van der Waals surface area contributed by atoms with Gasteiger partial charge in [-0.05, 0) is 25.0 Å². The summed E-state index contributed by atoms with van der Waals surface area (Å²) in [5, 5.41) is 0.545. The molecule has 1 fully saturated rings. The lowest BCUT2D eigenvalue weighted by atomic mass is 10.2. The smallest absolute Gasteiger partial charge is 0.297 e. The second-order valence-corrected chi connectivity index (χ2v) is 6.27. The summed E-state index contributed by atoms with van der Waals surface area (Å²) in [5.41, 5.74) is -0.136. The molecule has 2 heterocycles. The summed E-state index contributed by atoms with van der Waals surface area (Å²) in [6.07, 6.45) is 4.01. The summed E-state index contributed by atoms with van der Waals surface area (Å²) in [5.74, 6) is 1.12. The van der Waals surface area contributed by atoms with Gasteiger partial charge >= 0.3 is 5.69 Å². The van der Waals surface area contributed by atoms with Crippen molar-refractivity contribution in [3.8, 4) is 0 Å². The van der Waals surface area contributed by atoms with Gasteiger partial charge in [0.15, 0.2) is 0 Å². The van der Waals surface area contributed by atoms with Crippen LogP contribution in [0.3, 0.4) is 0 Å². The van der Waals surface area contributed by atoms with Crippen molar-refractivity contribution >= 4 is 23.4 Å². The third kappa shape index (κ3) is 2.83. The molecule has 0 aliphatic carbocycles. The van der Waals surface area contributed by atoms with Crippen LogP contribution in [0.25, 0.3) is 0 Å². The molecule has 4 nitrogen and oxygen atoms in total. The molecule has 0 aromatic carbocycles. The van der Waals surface area contributed by atoms with E-state index in [-0.39, 0.29) is 10.7 Å². The topological polar surface area (TPSA) is 54.9 Å². The number of thioether (sulfide) groups is 1. The lowest BCUT2D eigenvalue weighted by molar-refractivity contribution is 0.549. The van der Waals surface area contributed by atoms with Gasteiger partial charge in [0.1, 0.15) is 5.15 Å². The van der Waals surface area contributed by atoms with Crippen molar-refractivity contribution < 1.29 is 0 Å². The van der Waals surface area contributed by atoms with Crippen molar-refractivity contribution in [3.63, 3.8) is 0 Å². The van der Waals surface area contributed by atoms with Crippen LogP contribution in [0.1, 0.15) is 31.7 Å². The SMILES string of the molecule is CCc1c(Cl)[nH]c(=O)n(CC2CCCCS2)c1=O. The van der Waals surface area contributed by atoms with E-state index >= 15 is 0 Å². The average Bonchev–Trinajstić information content (AvgIpc) is 2.36. The zero-order valence-electron chi connectivity index (χ0n) is 10.4. The monoisotopic (exact) mass is 288 g/mol. The fourth-order valence-corrected chi connectivity index (χ4v) is 3.80. The molecule has 0 saturated carbocycles. The Balaban J connectivity index is 2.32. The van der Waals surface area contributed by atoms with Crippen molar-refractivity contribution in [3.05, 3.63) is 31.6 Å². The van der Waals surface area contributed by atoms with E-state index in [1.807, 2.05) is 18.7 Å². The van der Waals surface area contributed by atoms with E-state index in [9.17, 15) is 9.59 Å². The minimum absolute atomic E-state index is 0.181. The lowest BCUT2D eigenvalue weighted by Crippen LogP contribution is -2.40. The maximum Gasteiger partial charge on any atom is 0.329 e. The Hall–Kier alpha value is -0.680. The van der Waals surface area contributed by atoms with Gasteiger partial charge in [-0.2, -0.15) is 11.8 Å². The van der Waals surface area contributed by atoms with Crippen molar-refractivity contribution in [1.29, 1.82) is 0 Å². The van der Waals surface area contributed by atoms with E-state index in [4.69, 9.17) is 11.6 Å². The third-order valence-electron chi connectivity index (χ3n) is 3.24. The van der Waals surface area contributed by atoms with E-state index in [2.05, 4.69) is 4.98 Å². The van der Waals surface area contributed by atoms with E-state index in [0.29, 0.717) is 23.8 Å². The molecule has 1 aliphatic heterocycles. The molecule has 0 amide bonds. The van der Waals surface area contributed by atoms with Crippen LogP contribution in [-0.2, 0) is 13.0 Å². The number of rotatable bonds is 3. The summed E-state index contributed by atoms with van der Waals surface area (Å²) in [6.45, 7) is 2.35. The van der Waals surface area contributed by atoms with Crippen molar-refractivity contribution in [2.75, 3.05) is 5.75 Å². The maximum atomic E-state index is 12.2. The van der Waals surface area contributed by atoms with Gasteiger partial charge in [-0.15, -0.1) is 0 Å². The van der Waals surface area contributed by atoms with Crippen LogP contribution in [0.2, 0.25) is 5.15 Å². The molecule has 0 radical (unpaired) electrons. The van der Waals surface area contributed by atoms with Crippen molar-refractivity contribution in [1.82, 2.24) is 9.55 Å². The van der Waals surface area contributed by atoms with Crippen LogP contribution in [0.15, 0.2) is 9.59 Å². The van der Waals surface area contributed by atoms with Crippen LogP contribution in [0.4, 0.5) is 0 Å². The minimum atomic E-state index is -0.395. The Kier molecular flexibility index (Phi) is 4.56. The van der Waals surface area contributed by atoms with Crippen LogP contribution in [0, 0.1) is 0 Å². The highest BCUT2D eigenvalue weighted by atomic mass is 35.5. The molecule has 2 rings (SSSR count). The van der Waals surface area contributed by atoms with Crippen LogP contribution < -0.4 is 11.2 Å². The zero-order valence-corrected chi connectivity index (χ0v) is 11.9. The van der Waals surface area contributed by atoms with Crippen LogP contribution in [0.5, 0.6) is 0 Å². The van der Waals surface area contributed by atoms with Gasteiger partial charge in [-0.1, -0.05) is 24.9 Å². The van der Waals surface area contributed by atoms with E-state index in [1.54, 1.807) is 0 Å². The van der Waals surface area contributed by atoms with Gasteiger partial charge < -0.3 is 0 Å². The number of nitrogens with zero attached hydrogens (tertiary/aromatic N) is 1. The molecule has 1 aliphatic rings. The molecule has 100 valence electrons. The minimum Gasteiger partial charge on any atom is -0.297 e. The Bertz CT molecular complexity index is 532. The molecule has 1 N–H and O–H groups in total. The number of aromatic nitrogens is 2. The third-order valence-corrected chi connectivity index (χ3v) is 4.95. The average molecular weight is 289 g/mol. The first-order valence-electron chi connectivity index (χ1n) is 6.26. The van der Waals surface area contributed by atoms with Gasteiger partial charge in [0.25, 0.3) is 5.56 Å². The Labute approximate surface area is 115 Å². The molecule has 1 saturated heterocycles. The molecule has 0 bridgehead atoms. The highest BCUT2D eigenvalue weighted by molar-refractivity contribution is 7.99. The van der Waals surface area contributed by atoms with Crippen molar-refractivity contribution in [2.24, 2.45) is 0 Å². The van der Waals surface area contributed by atoms with Crippen LogP contribution in [-0.4, -0.2) is 20.6 Å². The first-order chi connectivity index (χ1) is 8.63. The summed E-state index contributed by atoms with van der Waals surface area (Å²) in [4.78, 5) is 26.5. The molecular formula is C12H17ClN2O2S. The highest BCUT2D eigenvalue weighted by Gasteiger charge is 2.18. The van der Waals surface area contributed by atoms with E-state index in [0.717, 1.165) is 12.2 Å². The number of nitrogens with one attached hydrogen (secondary N) is 1. The number of hydrogen-bond acceptors (Lipinski definition) is 3. The predicted molar refractivity (Wildman–Crippen MR) is 75.8 cm³/mol. The Morgan fingerprint density at radius 3 is 2.83 bits per heavy atom. The first-order valence-corrected chi connectivity index (χ1v) is 7.69. The molecule has 6 heteroatoms. The van der Waals surface area contributed by atoms with Gasteiger partial charge in [-0.25, -0.2) is 4.79 Å². The Morgan fingerprint density at radius 2 is 2.22 bits per heavy atom. The normalized spacial score (nSPS) is 20.0. The molecule has 1 aromatic heterocycles. The number of aromatic amines is 1. The van der Waals surface area contributed by atoms with Gasteiger partial charge in [0.2, 0.25) is 0 Å². The largest absolute Gasteiger partial charge is 0.329 e. The molecule has 18 heavy (non-hydrogen) atoms. The van der Waals surface area contributed by atoms with Gasteiger partial charge in [0.05, 0.1) is 5.56 Å². The first kappa shape index (κ1) is 13.7. The molecule has 1 aromatic rings. The van der Waals surface area contributed by atoms with Crippen LogP contribution >= 0.6 is 23.4 Å². The summed E-state index contributed by atoms with van der Waals surface area (Å²) in [7, 11) is 0. The molecule has 1 unspecified atom stereocenters.